The van der Waals surface area contributed by atoms with Crippen LogP contribution in [-0.2, 0) is 17.9 Å². The molecule has 6 heteroatoms. The van der Waals surface area contributed by atoms with Gasteiger partial charge in [-0.25, -0.2) is 0 Å². The van der Waals surface area contributed by atoms with Gasteiger partial charge < -0.3 is 15.8 Å². The minimum atomic E-state index is -0.503. The number of rotatable bonds is 7. The molecule has 0 spiro atoms. The van der Waals surface area contributed by atoms with Gasteiger partial charge in [-0.2, -0.15) is 0 Å². The van der Waals surface area contributed by atoms with Gasteiger partial charge in [0.25, 0.3) is 0 Å². The average molecular weight is 383 g/mol. The van der Waals surface area contributed by atoms with Crippen LogP contribution in [0.15, 0.2) is 48.5 Å². The molecule has 0 bridgehead atoms. The van der Waals surface area contributed by atoms with E-state index in [9.17, 15) is 4.79 Å². The summed E-state index contributed by atoms with van der Waals surface area (Å²) >= 11 is 6.10. The first kappa shape index (κ1) is 21.3. The Hall–Kier alpha value is -1.75. The molecule has 0 fully saturated rings. The number of carbonyl (C=O) groups excluding carboxylic acids is 1. The average Bonchev–Trinajstić information content (AvgIpc) is 2.59. The number of nitrogens with two attached hydrogens (primary N) is 1. The van der Waals surface area contributed by atoms with Gasteiger partial charge >= 0.3 is 0 Å². The lowest BCUT2D eigenvalue weighted by Gasteiger charge is -2.17. The number of para-hydroxylation sites is 1. The van der Waals surface area contributed by atoms with Crippen molar-refractivity contribution in [3.05, 3.63) is 64.7 Å². The zero-order valence-corrected chi connectivity index (χ0v) is 15.9. The molecular weight excluding hydrogens is 359 g/mol. The van der Waals surface area contributed by atoms with Crippen LogP contribution in [0.4, 0.5) is 0 Å². The smallest absolute Gasteiger partial charge is 0.237 e. The highest BCUT2D eigenvalue weighted by Crippen LogP contribution is 2.24. The van der Waals surface area contributed by atoms with E-state index < -0.39 is 6.04 Å². The van der Waals surface area contributed by atoms with Crippen LogP contribution in [0.1, 0.15) is 25.0 Å². The highest BCUT2D eigenvalue weighted by Gasteiger charge is 2.17. The zero-order chi connectivity index (χ0) is 17.5. The summed E-state index contributed by atoms with van der Waals surface area (Å²) in [5.74, 6) is 0.593. The number of nitrogens with one attached hydrogen (secondary N) is 1. The molecule has 4 nitrogen and oxygen atoms in total. The van der Waals surface area contributed by atoms with Crippen molar-refractivity contribution in [3.63, 3.8) is 0 Å². The molecule has 1 atom stereocenters. The quantitative estimate of drug-likeness (QED) is 0.761. The molecule has 2 aromatic carbocycles. The predicted octanol–water partition coefficient (Wildman–Crippen LogP) is 3.94. The first-order chi connectivity index (χ1) is 11.5. The highest BCUT2D eigenvalue weighted by molar-refractivity contribution is 6.32. The minimum Gasteiger partial charge on any atom is -0.487 e. The summed E-state index contributed by atoms with van der Waals surface area (Å²) in [7, 11) is 0. The molecule has 0 aliphatic carbocycles. The van der Waals surface area contributed by atoms with E-state index in [0.29, 0.717) is 23.9 Å². The summed E-state index contributed by atoms with van der Waals surface area (Å²) in [6.07, 6.45) is 0. The van der Waals surface area contributed by atoms with Crippen LogP contribution >= 0.6 is 24.0 Å². The normalized spacial score (nSPS) is 11.6. The maximum absolute atomic E-state index is 12.0. The first-order valence-electron chi connectivity index (χ1n) is 7.96. The fraction of sp³-hybridized carbons (Fsp3) is 0.316. The molecule has 25 heavy (non-hydrogen) atoms. The number of hydrogen-bond acceptors (Lipinski definition) is 3. The topological polar surface area (TPSA) is 64.4 Å². The third kappa shape index (κ3) is 6.24. The van der Waals surface area contributed by atoms with Gasteiger partial charge in [0.2, 0.25) is 5.91 Å². The second kappa shape index (κ2) is 10.3. The van der Waals surface area contributed by atoms with Gasteiger partial charge in [-0.15, -0.1) is 12.4 Å². The fourth-order valence-electron chi connectivity index (χ4n) is 2.19. The number of ether oxygens (including phenoxy) is 1. The van der Waals surface area contributed by atoms with Crippen molar-refractivity contribution in [3.8, 4) is 5.75 Å². The van der Waals surface area contributed by atoms with E-state index in [1.807, 2.05) is 56.3 Å². The molecule has 0 radical (unpaired) electrons. The lowest BCUT2D eigenvalue weighted by Crippen LogP contribution is -2.43. The van der Waals surface area contributed by atoms with Crippen molar-refractivity contribution >= 4 is 29.9 Å². The van der Waals surface area contributed by atoms with Crippen LogP contribution in [0, 0.1) is 5.92 Å². The zero-order valence-electron chi connectivity index (χ0n) is 14.4. The molecule has 1 amide bonds. The maximum Gasteiger partial charge on any atom is 0.237 e. The Morgan fingerprint density at radius 3 is 2.36 bits per heavy atom. The summed E-state index contributed by atoms with van der Waals surface area (Å²) in [6.45, 7) is 4.65. The third-order valence-corrected chi connectivity index (χ3v) is 4.12. The summed E-state index contributed by atoms with van der Waals surface area (Å²) in [5, 5.41) is 3.46. The van der Waals surface area contributed by atoms with Crippen LogP contribution in [0.2, 0.25) is 5.02 Å². The summed E-state index contributed by atoms with van der Waals surface area (Å²) in [4.78, 5) is 12.0. The molecule has 0 saturated carbocycles. The van der Waals surface area contributed by atoms with Crippen LogP contribution in [-0.4, -0.2) is 11.9 Å². The Balaban J connectivity index is 0.00000312. The van der Waals surface area contributed by atoms with Crippen molar-refractivity contribution in [2.24, 2.45) is 11.7 Å². The number of halogens is 2. The lowest BCUT2D eigenvalue weighted by molar-refractivity contribution is -0.123. The van der Waals surface area contributed by atoms with Gasteiger partial charge in [-0.05, 0) is 29.2 Å². The van der Waals surface area contributed by atoms with Crippen molar-refractivity contribution in [1.82, 2.24) is 5.32 Å². The Bertz CT molecular complexity index is 693. The Labute approximate surface area is 160 Å². The SMILES string of the molecule is CC(C)C(N)C(=O)NCc1ccccc1COc1ccccc1Cl.Cl. The van der Waals surface area contributed by atoms with Gasteiger partial charge in [-0.1, -0.05) is 61.8 Å². The molecule has 136 valence electrons. The number of hydrogen-bond donors (Lipinski definition) is 2. The number of amides is 1. The molecular formula is C19H24Cl2N2O2. The molecule has 1 unspecified atom stereocenters. The summed E-state index contributed by atoms with van der Waals surface area (Å²) in [5.41, 5.74) is 7.85. The van der Waals surface area contributed by atoms with Gasteiger partial charge in [0.05, 0.1) is 11.1 Å². The predicted molar refractivity (Wildman–Crippen MR) is 104 cm³/mol. The number of benzene rings is 2. The van der Waals surface area contributed by atoms with E-state index in [1.54, 1.807) is 6.07 Å². The van der Waals surface area contributed by atoms with Crippen LogP contribution < -0.4 is 15.8 Å². The van der Waals surface area contributed by atoms with E-state index in [0.717, 1.165) is 11.1 Å². The molecule has 0 aliphatic rings. The monoisotopic (exact) mass is 382 g/mol. The van der Waals surface area contributed by atoms with E-state index in [4.69, 9.17) is 22.1 Å². The first-order valence-corrected chi connectivity index (χ1v) is 8.34. The van der Waals surface area contributed by atoms with Crippen molar-refractivity contribution < 1.29 is 9.53 Å². The van der Waals surface area contributed by atoms with Gasteiger partial charge in [-0.3, -0.25) is 4.79 Å². The van der Waals surface area contributed by atoms with Crippen LogP contribution in [0.25, 0.3) is 0 Å². The fourth-order valence-corrected chi connectivity index (χ4v) is 2.38. The van der Waals surface area contributed by atoms with Gasteiger partial charge in [0, 0.05) is 6.54 Å². The van der Waals surface area contributed by atoms with Crippen LogP contribution in [0.3, 0.4) is 0 Å². The Morgan fingerprint density at radius 2 is 1.72 bits per heavy atom. The molecule has 2 aromatic rings. The molecule has 0 heterocycles. The Morgan fingerprint density at radius 1 is 1.12 bits per heavy atom. The van der Waals surface area contributed by atoms with E-state index >= 15 is 0 Å². The largest absolute Gasteiger partial charge is 0.487 e. The van der Waals surface area contributed by atoms with Gasteiger partial charge in [0.1, 0.15) is 12.4 Å². The molecule has 3 N–H and O–H groups in total. The number of carbonyl (C=O) groups is 1. The third-order valence-electron chi connectivity index (χ3n) is 3.81. The van der Waals surface area contributed by atoms with Crippen LogP contribution in [0.5, 0.6) is 5.75 Å². The van der Waals surface area contributed by atoms with Crippen molar-refractivity contribution in [2.75, 3.05) is 0 Å². The summed E-state index contributed by atoms with van der Waals surface area (Å²) < 4.78 is 5.79. The van der Waals surface area contributed by atoms with Gasteiger partial charge in [0.15, 0.2) is 0 Å². The maximum atomic E-state index is 12.0. The van der Waals surface area contributed by atoms with E-state index in [2.05, 4.69) is 5.32 Å². The van der Waals surface area contributed by atoms with E-state index in [1.165, 1.54) is 0 Å². The second-order valence-electron chi connectivity index (χ2n) is 5.98. The summed E-state index contributed by atoms with van der Waals surface area (Å²) in [6, 6.07) is 14.7. The molecule has 0 aromatic heterocycles. The van der Waals surface area contributed by atoms with E-state index in [-0.39, 0.29) is 24.2 Å². The highest BCUT2D eigenvalue weighted by atomic mass is 35.5. The molecule has 2 rings (SSSR count). The van der Waals surface area contributed by atoms with Crippen molar-refractivity contribution in [1.29, 1.82) is 0 Å². The minimum absolute atomic E-state index is 0. The Kier molecular flexibility index (Phi) is 8.76. The van der Waals surface area contributed by atoms with Crippen molar-refractivity contribution in [2.45, 2.75) is 33.0 Å². The lowest BCUT2D eigenvalue weighted by atomic mass is 10.0. The molecule has 0 saturated heterocycles. The standard InChI is InChI=1S/C19H23ClN2O2.ClH/c1-13(2)18(21)19(23)22-11-14-7-3-4-8-15(14)12-24-17-10-6-5-9-16(17)20;/h3-10,13,18H,11-12,21H2,1-2H3,(H,22,23);1H. The second-order valence-corrected chi connectivity index (χ2v) is 6.38. The molecule has 0 aliphatic heterocycles.